The Hall–Kier alpha value is -3.02. The van der Waals surface area contributed by atoms with Crippen molar-refractivity contribution in [3.8, 4) is 0 Å². The lowest BCUT2D eigenvalue weighted by Crippen LogP contribution is -2.12. The monoisotopic (exact) mass is 349 g/mol. The lowest BCUT2D eigenvalue weighted by Gasteiger charge is -2.16. The number of halogens is 1. The summed E-state index contributed by atoms with van der Waals surface area (Å²) in [6.07, 6.45) is 6.86. The maximum Gasteiger partial charge on any atom is 0.132 e. The van der Waals surface area contributed by atoms with Crippen LogP contribution in [0.5, 0.6) is 0 Å². The van der Waals surface area contributed by atoms with Crippen LogP contribution in [0.15, 0.2) is 41.5 Å². The molecule has 1 aromatic heterocycles. The van der Waals surface area contributed by atoms with E-state index < -0.39 is 0 Å². The van der Waals surface area contributed by atoms with Crippen molar-refractivity contribution in [1.29, 1.82) is 5.41 Å². The first-order valence-corrected chi connectivity index (χ1v) is 8.63. The second-order valence-corrected chi connectivity index (χ2v) is 6.88. The molecule has 0 radical (unpaired) electrons. The predicted octanol–water partition coefficient (Wildman–Crippen LogP) is 3.39. The van der Waals surface area contributed by atoms with Crippen molar-refractivity contribution in [3.05, 3.63) is 59.0 Å². The molecule has 2 aromatic rings. The normalized spacial score (nSPS) is 18.4. The lowest BCUT2D eigenvalue weighted by molar-refractivity contribution is 0.627. The molecular formula is C20H20FN5. The number of aromatic nitrogens is 1. The number of nitrogen functional groups attached to an aromatic ring is 1. The molecule has 0 unspecified atom stereocenters. The number of benzene rings is 1. The number of rotatable bonds is 4. The summed E-state index contributed by atoms with van der Waals surface area (Å²) in [7, 11) is 0. The summed E-state index contributed by atoms with van der Waals surface area (Å²) in [6.45, 7) is 0. The third-order valence-electron chi connectivity index (χ3n) is 5.17. The third kappa shape index (κ3) is 2.77. The van der Waals surface area contributed by atoms with Crippen molar-refractivity contribution in [1.82, 2.24) is 4.98 Å². The van der Waals surface area contributed by atoms with E-state index in [-0.39, 0.29) is 17.2 Å². The van der Waals surface area contributed by atoms with E-state index in [2.05, 4.69) is 4.98 Å². The van der Waals surface area contributed by atoms with Gasteiger partial charge >= 0.3 is 0 Å². The van der Waals surface area contributed by atoms with Crippen molar-refractivity contribution in [3.63, 3.8) is 0 Å². The Balaban J connectivity index is 1.94. The van der Waals surface area contributed by atoms with Gasteiger partial charge in [-0.2, -0.15) is 0 Å². The lowest BCUT2D eigenvalue weighted by atomic mass is 9.92. The number of nitrogens with one attached hydrogen (secondary N) is 1. The average Bonchev–Trinajstić information content (AvgIpc) is 3.27. The second-order valence-electron chi connectivity index (χ2n) is 6.88. The van der Waals surface area contributed by atoms with Crippen LogP contribution in [-0.4, -0.2) is 22.4 Å². The maximum atomic E-state index is 13.3. The van der Waals surface area contributed by atoms with Gasteiger partial charge in [0, 0.05) is 35.0 Å². The van der Waals surface area contributed by atoms with Crippen molar-refractivity contribution >= 4 is 29.0 Å². The Kier molecular flexibility index (Phi) is 3.83. The molecule has 26 heavy (non-hydrogen) atoms. The van der Waals surface area contributed by atoms with Gasteiger partial charge in [-0.3, -0.25) is 4.99 Å². The van der Waals surface area contributed by atoms with Crippen LogP contribution in [0.25, 0.3) is 11.3 Å². The molecule has 1 aromatic carbocycles. The van der Waals surface area contributed by atoms with Crippen LogP contribution in [0.2, 0.25) is 0 Å². The molecule has 1 saturated carbocycles. The summed E-state index contributed by atoms with van der Waals surface area (Å²) in [5, 5.41) is 7.76. The minimum absolute atomic E-state index is 0.0765. The van der Waals surface area contributed by atoms with Gasteiger partial charge in [0.15, 0.2) is 0 Å². The first-order chi connectivity index (χ1) is 12.5. The number of hydrogen-bond donors (Lipinski definition) is 3. The maximum absolute atomic E-state index is 13.3. The van der Waals surface area contributed by atoms with E-state index in [0.29, 0.717) is 16.8 Å². The van der Waals surface area contributed by atoms with Gasteiger partial charge in [0.1, 0.15) is 11.6 Å². The highest BCUT2D eigenvalue weighted by atomic mass is 19.1. The molecule has 0 bridgehead atoms. The van der Waals surface area contributed by atoms with Gasteiger partial charge in [-0.05, 0) is 67.1 Å². The summed E-state index contributed by atoms with van der Waals surface area (Å²) in [6, 6.07) is 7.89. The smallest absolute Gasteiger partial charge is 0.132 e. The Labute approximate surface area is 151 Å². The Bertz CT molecular complexity index is 939. The number of aliphatic imine (C=N–C) groups is 1. The van der Waals surface area contributed by atoms with Crippen LogP contribution in [0, 0.1) is 11.2 Å². The molecule has 132 valence electrons. The Morgan fingerprint density at radius 3 is 2.50 bits per heavy atom. The molecule has 2 heterocycles. The minimum atomic E-state index is -0.313. The van der Waals surface area contributed by atoms with Crippen molar-refractivity contribution in [2.45, 2.75) is 31.2 Å². The zero-order chi connectivity index (χ0) is 18.3. The molecular weight excluding hydrogens is 329 g/mol. The molecule has 4 rings (SSSR count). The van der Waals surface area contributed by atoms with E-state index in [1.807, 2.05) is 6.07 Å². The second kappa shape index (κ2) is 6.05. The number of hydrogen-bond acceptors (Lipinski definition) is 5. The molecule has 1 fully saturated rings. The molecule has 0 atom stereocenters. The van der Waals surface area contributed by atoms with E-state index in [9.17, 15) is 4.39 Å². The van der Waals surface area contributed by atoms with Gasteiger partial charge in [0.2, 0.25) is 0 Å². The Morgan fingerprint density at radius 2 is 1.88 bits per heavy atom. The number of nitrogens with two attached hydrogens (primary N) is 2. The van der Waals surface area contributed by atoms with E-state index in [1.54, 1.807) is 18.3 Å². The van der Waals surface area contributed by atoms with Gasteiger partial charge in [0.25, 0.3) is 0 Å². The van der Waals surface area contributed by atoms with Crippen LogP contribution in [-0.2, 0) is 0 Å². The predicted molar refractivity (Wildman–Crippen MR) is 103 cm³/mol. The van der Waals surface area contributed by atoms with Crippen LogP contribution < -0.4 is 11.5 Å². The fourth-order valence-electron chi connectivity index (χ4n) is 3.53. The summed E-state index contributed by atoms with van der Waals surface area (Å²) in [5.41, 5.74) is 16.8. The summed E-state index contributed by atoms with van der Waals surface area (Å²) >= 11 is 0. The summed E-state index contributed by atoms with van der Waals surface area (Å²) < 4.78 is 13.3. The molecule has 0 amide bonds. The zero-order valence-electron chi connectivity index (χ0n) is 14.3. The Morgan fingerprint density at radius 1 is 1.15 bits per heavy atom. The first-order valence-electron chi connectivity index (χ1n) is 8.63. The molecule has 6 heteroatoms. The highest BCUT2D eigenvalue weighted by Crippen LogP contribution is 2.49. The first kappa shape index (κ1) is 16.4. The molecule has 1 spiro atoms. The molecule has 2 aliphatic rings. The molecule has 1 aliphatic heterocycles. The van der Waals surface area contributed by atoms with Gasteiger partial charge in [-0.25, -0.2) is 9.37 Å². The summed E-state index contributed by atoms with van der Waals surface area (Å²) in [5.74, 6) is -0.0341. The van der Waals surface area contributed by atoms with E-state index >= 15 is 0 Å². The summed E-state index contributed by atoms with van der Waals surface area (Å²) in [4.78, 5) is 9.02. The number of nitrogens with zero attached hydrogens (tertiary/aromatic N) is 2. The largest absolute Gasteiger partial charge is 0.398 e. The highest BCUT2D eigenvalue weighted by molar-refractivity contribution is 6.32. The number of anilines is 1. The quantitative estimate of drug-likeness (QED) is 0.737. The van der Waals surface area contributed by atoms with Crippen molar-refractivity contribution < 1.29 is 4.39 Å². The van der Waals surface area contributed by atoms with Gasteiger partial charge in [-0.15, -0.1) is 0 Å². The fraction of sp³-hybridized carbons (Fsp3) is 0.250. The fourth-order valence-corrected chi connectivity index (χ4v) is 3.53. The topological polar surface area (TPSA) is 101 Å². The van der Waals surface area contributed by atoms with E-state index in [4.69, 9.17) is 21.9 Å². The van der Waals surface area contributed by atoms with Gasteiger partial charge in [-0.1, -0.05) is 0 Å². The van der Waals surface area contributed by atoms with Crippen LogP contribution >= 0.6 is 0 Å². The minimum Gasteiger partial charge on any atom is -0.398 e. The van der Waals surface area contributed by atoms with Crippen LogP contribution in [0.1, 0.15) is 42.4 Å². The highest BCUT2D eigenvalue weighted by Gasteiger charge is 2.46. The molecule has 5 nitrogen and oxygen atoms in total. The van der Waals surface area contributed by atoms with Crippen LogP contribution in [0.3, 0.4) is 0 Å². The third-order valence-corrected chi connectivity index (χ3v) is 5.17. The van der Waals surface area contributed by atoms with Gasteiger partial charge in [0.05, 0.1) is 5.54 Å². The standard InChI is InChI=1S/C20H20FN5/c21-13-3-1-12(2-4-13)18(23)17(16-5-7-20(26-16)8-9-20)14-6-10-25-19(24)15(14)11-22/h1-4,6,10-11,22H,5,7-9,23H2,(H2,24,25). The molecule has 5 N–H and O–H groups in total. The number of allylic oxidation sites excluding steroid dienone is 1. The number of pyridine rings is 1. The SMILES string of the molecule is N=Cc1c(C(C2=NC3(CC2)CC3)=C(N)c2ccc(F)cc2)ccnc1N. The van der Waals surface area contributed by atoms with E-state index in [0.717, 1.165) is 42.5 Å². The van der Waals surface area contributed by atoms with Crippen LogP contribution in [0.4, 0.5) is 10.2 Å². The molecule has 0 saturated heterocycles. The van der Waals surface area contributed by atoms with Crippen molar-refractivity contribution in [2.24, 2.45) is 10.7 Å². The van der Waals surface area contributed by atoms with Gasteiger partial charge < -0.3 is 16.9 Å². The zero-order valence-corrected chi connectivity index (χ0v) is 14.3. The average molecular weight is 349 g/mol. The van der Waals surface area contributed by atoms with Crippen molar-refractivity contribution in [2.75, 3.05) is 5.73 Å². The van der Waals surface area contributed by atoms with E-state index in [1.165, 1.54) is 18.3 Å². The molecule has 1 aliphatic carbocycles.